The van der Waals surface area contributed by atoms with Crippen LogP contribution in [0.4, 0.5) is 0 Å². The first kappa shape index (κ1) is 10.6. The Labute approximate surface area is 82.1 Å². The van der Waals surface area contributed by atoms with Gasteiger partial charge in [0.05, 0.1) is 0 Å². The van der Waals surface area contributed by atoms with Crippen molar-refractivity contribution in [3.05, 3.63) is 0 Å². The Hall–Kier alpha value is -0.480. The zero-order valence-corrected chi connectivity index (χ0v) is 8.79. The SMILES string of the molecule is C#CCC1CC(N)CCC1C(C)C. The van der Waals surface area contributed by atoms with Gasteiger partial charge in [-0.05, 0) is 37.0 Å². The van der Waals surface area contributed by atoms with Crippen LogP contribution in [-0.2, 0) is 0 Å². The Morgan fingerprint density at radius 2 is 2.15 bits per heavy atom. The predicted molar refractivity (Wildman–Crippen MR) is 57.1 cm³/mol. The highest BCUT2D eigenvalue weighted by Crippen LogP contribution is 2.36. The van der Waals surface area contributed by atoms with Gasteiger partial charge in [-0.3, -0.25) is 0 Å². The van der Waals surface area contributed by atoms with E-state index in [9.17, 15) is 0 Å². The monoisotopic (exact) mass is 179 g/mol. The molecule has 0 aromatic heterocycles. The molecule has 1 aliphatic carbocycles. The second-order valence-electron chi connectivity index (χ2n) is 4.65. The molecule has 0 aliphatic heterocycles. The molecular formula is C12H21N. The van der Waals surface area contributed by atoms with Crippen molar-refractivity contribution in [2.45, 2.75) is 45.6 Å². The average Bonchev–Trinajstić information content (AvgIpc) is 2.04. The van der Waals surface area contributed by atoms with Crippen LogP contribution in [-0.4, -0.2) is 6.04 Å². The van der Waals surface area contributed by atoms with Crippen LogP contribution < -0.4 is 5.73 Å². The molecule has 0 bridgehead atoms. The van der Waals surface area contributed by atoms with E-state index in [1.165, 1.54) is 12.8 Å². The molecule has 1 fully saturated rings. The fourth-order valence-corrected chi connectivity index (χ4v) is 2.59. The minimum atomic E-state index is 0.397. The first-order chi connectivity index (χ1) is 6.15. The minimum Gasteiger partial charge on any atom is -0.328 e. The van der Waals surface area contributed by atoms with E-state index in [-0.39, 0.29) is 0 Å². The molecule has 1 heteroatoms. The lowest BCUT2D eigenvalue weighted by Crippen LogP contribution is -2.35. The van der Waals surface area contributed by atoms with E-state index < -0.39 is 0 Å². The van der Waals surface area contributed by atoms with Crippen LogP contribution in [0, 0.1) is 30.1 Å². The molecule has 13 heavy (non-hydrogen) atoms. The standard InChI is InChI=1S/C12H21N/c1-4-5-10-8-11(13)6-7-12(10)9(2)3/h1,9-12H,5-8,13H2,2-3H3. The summed E-state index contributed by atoms with van der Waals surface area (Å²) in [6.45, 7) is 4.59. The first-order valence-electron chi connectivity index (χ1n) is 5.34. The summed E-state index contributed by atoms with van der Waals surface area (Å²) in [5.41, 5.74) is 5.95. The van der Waals surface area contributed by atoms with Crippen molar-refractivity contribution < 1.29 is 0 Å². The van der Waals surface area contributed by atoms with E-state index in [0.717, 1.165) is 24.7 Å². The first-order valence-corrected chi connectivity index (χ1v) is 5.34. The fraction of sp³-hybridized carbons (Fsp3) is 0.833. The van der Waals surface area contributed by atoms with Crippen molar-refractivity contribution in [2.24, 2.45) is 23.5 Å². The quantitative estimate of drug-likeness (QED) is 0.647. The summed E-state index contributed by atoms with van der Waals surface area (Å²) in [5.74, 6) is 5.02. The van der Waals surface area contributed by atoms with Crippen LogP contribution in [0.25, 0.3) is 0 Å². The molecule has 0 amide bonds. The highest BCUT2D eigenvalue weighted by Gasteiger charge is 2.29. The maximum absolute atomic E-state index is 5.95. The Balaban J connectivity index is 2.56. The van der Waals surface area contributed by atoms with E-state index in [0.29, 0.717) is 12.0 Å². The number of terminal acetylenes is 1. The molecule has 0 spiro atoms. The van der Waals surface area contributed by atoms with Crippen LogP contribution >= 0.6 is 0 Å². The predicted octanol–water partition coefficient (Wildman–Crippen LogP) is 2.41. The Morgan fingerprint density at radius 1 is 1.46 bits per heavy atom. The highest BCUT2D eigenvalue weighted by atomic mass is 14.6. The molecule has 1 aliphatic rings. The van der Waals surface area contributed by atoms with Crippen molar-refractivity contribution >= 4 is 0 Å². The summed E-state index contributed by atoms with van der Waals surface area (Å²) in [6.07, 6.45) is 9.88. The van der Waals surface area contributed by atoms with E-state index in [4.69, 9.17) is 12.2 Å². The van der Waals surface area contributed by atoms with Gasteiger partial charge in [0.25, 0.3) is 0 Å². The van der Waals surface area contributed by atoms with Crippen LogP contribution in [0.5, 0.6) is 0 Å². The summed E-state index contributed by atoms with van der Waals surface area (Å²) < 4.78 is 0. The molecule has 0 aromatic carbocycles. The molecule has 0 radical (unpaired) electrons. The fourth-order valence-electron chi connectivity index (χ4n) is 2.59. The summed E-state index contributed by atoms with van der Waals surface area (Å²) in [6, 6.07) is 0.397. The van der Waals surface area contributed by atoms with Gasteiger partial charge in [-0.1, -0.05) is 13.8 Å². The Morgan fingerprint density at radius 3 is 2.69 bits per heavy atom. The van der Waals surface area contributed by atoms with Gasteiger partial charge in [-0.15, -0.1) is 12.3 Å². The molecule has 1 rings (SSSR count). The largest absolute Gasteiger partial charge is 0.328 e. The van der Waals surface area contributed by atoms with Gasteiger partial charge in [0, 0.05) is 12.5 Å². The second-order valence-corrected chi connectivity index (χ2v) is 4.65. The Bertz CT molecular complexity index is 190. The van der Waals surface area contributed by atoms with Gasteiger partial charge in [0.1, 0.15) is 0 Å². The molecule has 74 valence electrons. The lowest BCUT2D eigenvalue weighted by Gasteiger charge is -2.36. The van der Waals surface area contributed by atoms with Crippen molar-refractivity contribution in [3.63, 3.8) is 0 Å². The number of hydrogen-bond donors (Lipinski definition) is 1. The van der Waals surface area contributed by atoms with Crippen LogP contribution in [0.15, 0.2) is 0 Å². The maximum atomic E-state index is 5.95. The smallest absolute Gasteiger partial charge is 0.0118 e. The summed E-state index contributed by atoms with van der Waals surface area (Å²) in [7, 11) is 0. The van der Waals surface area contributed by atoms with Gasteiger partial charge < -0.3 is 5.73 Å². The highest BCUT2D eigenvalue weighted by molar-refractivity contribution is 4.93. The van der Waals surface area contributed by atoms with Gasteiger partial charge in [-0.2, -0.15) is 0 Å². The molecule has 0 heterocycles. The third kappa shape index (κ3) is 2.74. The maximum Gasteiger partial charge on any atom is 0.0118 e. The number of hydrogen-bond acceptors (Lipinski definition) is 1. The number of rotatable bonds is 2. The molecule has 0 aromatic rings. The van der Waals surface area contributed by atoms with E-state index >= 15 is 0 Å². The van der Waals surface area contributed by atoms with Crippen LogP contribution in [0.3, 0.4) is 0 Å². The lowest BCUT2D eigenvalue weighted by atomic mass is 9.71. The third-order valence-corrected chi connectivity index (χ3v) is 3.32. The number of nitrogens with two attached hydrogens (primary N) is 1. The van der Waals surface area contributed by atoms with Crippen molar-refractivity contribution in [2.75, 3.05) is 0 Å². The van der Waals surface area contributed by atoms with Crippen molar-refractivity contribution in [1.29, 1.82) is 0 Å². The van der Waals surface area contributed by atoms with E-state index in [1.807, 2.05) is 0 Å². The molecule has 1 nitrogen and oxygen atoms in total. The average molecular weight is 179 g/mol. The van der Waals surface area contributed by atoms with Crippen LogP contribution in [0.1, 0.15) is 39.5 Å². The topological polar surface area (TPSA) is 26.0 Å². The van der Waals surface area contributed by atoms with Gasteiger partial charge >= 0.3 is 0 Å². The summed E-state index contributed by atoms with van der Waals surface area (Å²) in [5, 5.41) is 0. The van der Waals surface area contributed by atoms with Crippen LogP contribution in [0.2, 0.25) is 0 Å². The minimum absolute atomic E-state index is 0.397. The summed E-state index contributed by atoms with van der Waals surface area (Å²) in [4.78, 5) is 0. The zero-order valence-electron chi connectivity index (χ0n) is 8.79. The summed E-state index contributed by atoms with van der Waals surface area (Å²) >= 11 is 0. The van der Waals surface area contributed by atoms with E-state index in [1.54, 1.807) is 0 Å². The van der Waals surface area contributed by atoms with Gasteiger partial charge in [0.2, 0.25) is 0 Å². The normalized spacial score (nSPS) is 34.5. The van der Waals surface area contributed by atoms with Crippen molar-refractivity contribution in [3.8, 4) is 12.3 Å². The molecule has 1 saturated carbocycles. The molecule has 0 saturated heterocycles. The second kappa shape index (κ2) is 4.67. The third-order valence-electron chi connectivity index (χ3n) is 3.32. The molecular weight excluding hydrogens is 158 g/mol. The molecule has 3 unspecified atom stereocenters. The molecule has 3 atom stereocenters. The van der Waals surface area contributed by atoms with E-state index in [2.05, 4.69) is 19.8 Å². The molecule has 2 N–H and O–H groups in total. The van der Waals surface area contributed by atoms with Gasteiger partial charge in [-0.25, -0.2) is 0 Å². The zero-order chi connectivity index (χ0) is 9.84. The van der Waals surface area contributed by atoms with Crippen molar-refractivity contribution in [1.82, 2.24) is 0 Å². The van der Waals surface area contributed by atoms with Gasteiger partial charge in [0.15, 0.2) is 0 Å². The lowest BCUT2D eigenvalue weighted by molar-refractivity contribution is 0.168. The Kier molecular flexibility index (Phi) is 3.81.